The maximum absolute atomic E-state index is 13.4. The molecule has 0 aliphatic carbocycles. The average molecular weight is 369 g/mol. The Morgan fingerprint density at radius 1 is 1.04 bits per heavy atom. The quantitative estimate of drug-likeness (QED) is 0.628. The number of hydrogen-bond acceptors (Lipinski definition) is 4. The van der Waals surface area contributed by atoms with E-state index in [4.69, 9.17) is 4.74 Å². The standard InChI is InChI=1S/C21H21F2N3O/c22-19(23)20-24-18-11-5-4-10-17(18)21(25-20)26(14-16-9-6-12-27-16)13-15-7-2-1-3-8-15/h1-5,7-8,10-11,16,19H,6,9,12-14H2/t16-/m0/s1. The van der Waals surface area contributed by atoms with Gasteiger partial charge in [-0.05, 0) is 30.5 Å². The van der Waals surface area contributed by atoms with Gasteiger partial charge in [0, 0.05) is 25.1 Å². The molecule has 2 aromatic carbocycles. The van der Waals surface area contributed by atoms with Crippen LogP contribution >= 0.6 is 0 Å². The fraction of sp³-hybridized carbons (Fsp3) is 0.333. The fourth-order valence-electron chi connectivity index (χ4n) is 3.48. The zero-order valence-corrected chi connectivity index (χ0v) is 14.9. The van der Waals surface area contributed by atoms with Gasteiger partial charge in [-0.2, -0.15) is 0 Å². The van der Waals surface area contributed by atoms with Crippen molar-refractivity contribution in [3.63, 3.8) is 0 Å². The molecule has 0 radical (unpaired) electrons. The average Bonchev–Trinajstić information content (AvgIpc) is 3.20. The molecule has 4 rings (SSSR count). The Bertz CT molecular complexity index is 898. The van der Waals surface area contributed by atoms with Gasteiger partial charge in [0.2, 0.25) is 0 Å². The summed E-state index contributed by atoms with van der Waals surface area (Å²) >= 11 is 0. The van der Waals surface area contributed by atoms with E-state index in [-0.39, 0.29) is 6.10 Å². The number of rotatable bonds is 6. The molecule has 1 aliphatic heterocycles. The topological polar surface area (TPSA) is 38.2 Å². The molecule has 0 saturated carbocycles. The van der Waals surface area contributed by atoms with Crippen LogP contribution in [-0.4, -0.2) is 29.2 Å². The summed E-state index contributed by atoms with van der Waals surface area (Å²) in [6.07, 6.45) is -0.640. The molecule has 0 amide bonds. The van der Waals surface area contributed by atoms with E-state index in [2.05, 4.69) is 9.97 Å². The Morgan fingerprint density at radius 2 is 1.81 bits per heavy atom. The van der Waals surface area contributed by atoms with E-state index in [1.54, 1.807) is 12.1 Å². The zero-order chi connectivity index (χ0) is 18.6. The minimum atomic E-state index is -2.71. The Morgan fingerprint density at radius 3 is 2.56 bits per heavy atom. The molecule has 4 nitrogen and oxygen atoms in total. The van der Waals surface area contributed by atoms with Crippen LogP contribution < -0.4 is 4.90 Å². The van der Waals surface area contributed by atoms with Crippen molar-refractivity contribution in [2.24, 2.45) is 0 Å². The number of hydrogen-bond donors (Lipinski definition) is 0. The van der Waals surface area contributed by atoms with Crippen molar-refractivity contribution in [2.45, 2.75) is 31.9 Å². The normalized spacial score (nSPS) is 16.9. The number of para-hydroxylation sites is 1. The molecule has 3 aromatic rings. The van der Waals surface area contributed by atoms with Gasteiger partial charge < -0.3 is 9.64 Å². The molecule has 0 spiro atoms. The molecule has 1 aliphatic rings. The summed E-state index contributed by atoms with van der Waals surface area (Å²) in [6, 6.07) is 17.3. The minimum Gasteiger partial charge on any atom is -0.376 e. The SMILES string of the molecule is FC(F)c1nc(N(Cc2ccccc2)C[C@@H]2CCCO2)c2ccccc2n1. The van der Waals surface area contributed by atoms with E-state index in [1.165, 1.54) is 0 Å². The first-order valence-corrected chi connectivity index (χ1v) is 9.16. The van der Waals surface area contributed by atoms with Crippen LogP contribution in [0, 0.1) is 0 Å². The van der Waals surface area contributed by atoms with Crippen molar-refractivity contribution in [2.75, 3.05) is 18.1 Å². The molecule has 27 heavy (non-hydrogen) atoms. The van der Waals surface area contributed by atoms with Gasteiger partial charge in [0.15, 0.2) is 5.82 Å². The lowest BCUT2D eigenvalue weighted by Crippen LogP contribution is -2.33. The number of alkyl halides is 2. The second-order valence-electron chi connectivity index (χ2n) is 6.72. The summed E-state index contributed by atoms with van der Waals surface area (Å²) in [5.41, 5.74) is 1.62. The lowest BCUT2D eigenvalue weighted by molar-refractivity contribution is 0.115. The highest BCUT2D eigenvalue weighted by atomic mass is 19.3. The van der Waals surface area contributed by atoms with Crippen LogP contribution in [0.5, 0.6) is 0 Å². The predicted molar refractivity (Wildman–Crippen MR) is 101 cm³/mol. The first-order chi connectivity index (χ1) is 13.2. The monoisotopic (exact) mass is 369 g/mol. The van der Waals surface area contributed by atoms with Gasteiger partial charge in [-0.25, -0.2) is 18.7 Å². The van der Waals surface area contributed by atoms with Crippen LogP contribution in [0.3, 0.4) is 0 Å². The summed E-state index contributed by atoms with van der Waals surface area (Å²) in [6.45, 7) is 1.93. The zero-order valence-electron chi connectivity index (χ0n) is 14.9. The van der Waals surface area contributed by atoms with Crippen molar-refractivity contribution in [1.82, 2.24) is 9.97 Å². The van der Waals surface area contributed by atoms with E-state index >= 15 is 0 Å². The summed E-state index contributed by atoms with van der Waals surface area (Å²) in [4.78, 5) is 10.3. The van der Waals surface area contributed by atoms with Crippen molar-refractivity contribution in [3.8, 4) is 0 Å². The molecule has 1 atom stereocenters. The highest BCUT2D eigenvalue weighted by Gasteiger charge is 2.24. The third-order valence-corrected chi connectivity index (χ3v) is 4.76. The van der Waals surface area contributed by atoms with Gasteiger partial charge in [-0.15, -0.1) is 0 Å². The molecule has 0 bridgehead atoms. The summed E-state index contributed by atoms with van der Waals surface area (Å²) in [5, 5.41) is 0.774. The lowest BCUT2D eigenvalue weighted by Gasteiger charge is -2.28. The third-order valence-electron chi connectivity index (χ3n) is 4.76. The molecule has 2 heterocycles. The van der Waals surface area contributed by atoms with E-state index in [0.29, 0.717) is 24.4 Å². The van der Waals surface area contributed by atoms with Crippen molar-refractivity contribution < 1.29 is 13.5 Å². The molecule has 1 fully saturated rings. The maximum Gasteiger partial charge on any atom is 0.297 e. The minimum absolute atomic E-state index is 0.0810. The summed E-state index contributed by atoms with van der Waals surface area (Å²) in [5.74, 6) is 0.101. The highest BCUT2D eigenvalue weighted by molar-refractivity contribution is 5.89. The Balaban J connectivity index is 1.77. The lowest BCUT2D eigenvalue weighted by atomic mass is 10.1. The number of anilines is 1. The molecule has 0 unspecified atom stereocenters. The largest absolute Gasteiger partial charge is 0.376 e. The fourth-order valence-corrected chi connectivity index (χ4v) is 3.48. The summed E-state index contributed by atoms with van der Waals surface area (Å²) < 4.78 is 32.6. The first kappa shape index (κ1) is 17.8. The van der Waals surface area contributed by atoms with Gasteiger partial charge in [0.25, 0.3) is 6.43 Å². The van der Waals surface area contributed by atoms with Gasteiger partial charge in [-0.1, -0.05) is 42.5 Å². The van der Waals surface area contributed by atoms with Gasteiger partial charge in [0.1, 0.15) is 5.82 Å². The molecule has 140 valence electrons. The van der Waals surface area contributed by atoms with Crippen LogP contribution in [-0.2, 0) is 11.3 Å². The van der Waals surface area contributed by atoms with Crippen LogP contribution in [0.1, 0.15) is 30.7 Å². The van der Waals surface area contributed by atoms with Crippen molar-refractivity contribution >= 4 is 16.7 Å². The highest BCUT2D eigenvalue weighted by Crippen LogP contribution is 2.29. The van der Waals surface area contributed by atoms with E-state index in [0.717, 1.165) is 30.4 Å². The molecule has 6 heteroatoms. The maximum atomic E-state index is 13.4. The van der Waals surface area contributed by atoms with Crippen LogP contribution in [0.2, 0.25) is 0 Å². The van der Waals surface area contributed by atoms with E-state index in [9.17, 15) is 8.78 Å². The first-order valence-electron chi connectivity index (χ1n) is 9.16. The molecule has 1 saturated heterocycles. The van der Waals surface area contributed by atoms with Crippen molar-refractivity contribution in [1.29, 1.82) is 0 Å². The number of fused-ring (bicyclic) bond motifs is 1. The molecular formula is C21H21F2N3O. The molecular weight excluding hydrogens is 348 g/mol. The Labute approximate surface area is 156 Å². The summed E-state index contributed by atoms with van der Waals surface area (Å²) in [7, 11) is 0. The van der Waals surface area contributed by atoms with Crippen LogP contribution in [0.25, 0.3) is 10.9 Å². The number of aromatic nitrogens is 2. The van der Waals surface area contributed by atoms with Gasteiger partial charge in [0.05, 0.1) is 11.6 Å². The Hall–Kier alpha value is -2.60. The Kier molecular flexibility index (Phi) is 5.25. The van der Waals surface area contributed by atoms with E-state index in [1.807, 2.05) is 47.4 Å². The third kappa shape index (κ3) is 4.06. The second-order valence-corrected chi connectivity index (χ2v) is 6.72. The van der Waals surface area contributed by atoms with Gasteiger partial charge >= 0.3 is 0 Å². The van der Waals surface area contributed by atoms with E-state index < -0.39 is 12.2 Å². The number of nitrogens with zero attached hydrogens (tertiary/aromatic N) is 3. The molecule has 0 N–H and O–H groups in total. The smallest absolute Gasteiger partial charge is 0.297 e. The number of ether oxygens (including phenoxy) is 1. The second kappa shape index (κ2) is 7.96. The van der Waals surface area contributed by atoms with Crippen LogP contribution in [0.15, 0.2) is 54.6 Å². The number of halogens is 2. The van der Waals surface area contributed by atoms with Crippen molar-refractivity contribution in [3.05, 3.63) is 66.0 Å². The number of benzene rings is 2. The van der Waals surface area contributed by atoms with Crippen LogP contribution in [0.4, 0.5) is 14.6 Å². The van der Waals surface area contributed by atoms with Gasteiger partial charge in [-0.3, -0.25) is 0 Å². The molecule has 1 aromatic heterocycles. The predicted octanol–water partition coefficient (Wildman–Crippen LogP) is 4.75.